The molecule has 1 heterocycles. The number of nitrogens with one attached hydrogen (secondary N) is 1. The third-order valence-corrected chi connectivity index (χ3v) is 5.53. The van der Waals surface area contributed by atoms with Gasteiger partial charge < -0.3 is 10.2 Å². The predicted molar refractivity (Wildman–Crippen MR) is 126 cm³/mol. The van der Waals surface area contributed by atoms with Crippen molar-refractivity contribution in [3.63, 3.8) is 0 Å². The average Bonchev–Trinajstić information content (AvgIpc) is 3.01. The van der Waals surface area contributed by atoms with E-state index < -0.39 is 39.9 Å². The lowest BCUT2D eigenvalue weighted by Crippen LogP contribution is -2.54. The summed E-state index contributed by atoms with van der Waals surface area (Å²) in [6.07, 6.45) is -0.245. The Hall–Kier alpha value is -3.79. The van der Waals surface area contributed by atoms with Crippen LogP contribution in [-0.2, 0) is 14.4 Å². The van der Waals surface area contributed by atoms with E-state index in [0.29, 0.717) is 11.4 Å². The Morgan fingerprint density at radius 3 is 2.29 bits per heavy atom. The predicted octanol–water partition coefficient (Wildman–Crippen LogP) is 3.78. The van der Waals surface area contributed by atoms with Crippen LogP contribution in [0.4, 0.5) is 17.1 Å². The number of rotatable bonds is 5. The zero-order valence-electron chi connectivity index (χ0n) is 19.0. The van der Waals surface area contributed by atoms with E-state index in [-0.39, 0.29) is 22.9 Å². The van der Waals surface area contributed by atoms with Crippen LogP contribution in [0.5, 0.6) is 0 Å². The van der Waals surface area contributed by atoms with Crippen molar-refractivity contribution in [2.45, 2.75) is 45.7 Å². The number of anilines is 2. The number of hydrogen-bond donors (Lipinski definition) is 1. The molecule has 34 heavy (non-hydrogen) atoms. The molecule has 3 rings (SSSR count). The fourth-order valence-corrected chi connectivity index (χ4v) is 4.01. The second-order valence-electron chi connectivity index (χ2n) is 8.78. The first-order chi connectivity index (χ1) is 15.8. The van der Waals surface area contributed by atoms with Gasteiger partial charge in [-0.2, -0.15) is 0 Å². The van der Waals surface area contributed by atoms with Crippen LogP contribution in [-0.4, -0.2) is 45.0 Å². The highest BCUT2D eigenvalue weighted by Crippen LogP contribution is 2.33. The maximum Gasteiger partial charge on any atom is 0.288 e. The molecule has 11 heteroatoms. The number of halogens is 1. The molecule has 1 N–H and O–H groups in total. The van der Waals surface area contributed by atoms with Crippen molar-refractivity contribution < 1.29 is 24.1 Å². The summed E-state index contributed by atoms with van der Waals surface area (Å²) >= 11 is 5.87. The summed E-state index contributed by atoms with van der Waals surface area (Å²) in [5, 5.41) is 13.7. The molecule has 1 aliphatic rings. The van der Waals surface area contributed by atoms with Crippen molar-refractivity contribution in [1.29, 1.82) is 0 Å². The summed E-state index contributed by atoms with van der Waals surface area (Å²) in [6.45, 7) is 6.48. The topological polar surface area (TPSA) is 130 Å². The van der Waals surface area contributed by atoms with E-state index >= 15 is 0 Å². The first-order valence-electron chi connectivity index (χ1n) is 10.3. The van der Waals surface area contributed by atoms with Crippen molar-refractivity contribution >= 4 is 52.3 Å². The van der Waals surface area contributed by atoms with Gasteiger partial charge in [-0.1, -0.05) is 11.6 Å². The highest BCUT2D eigenvalue weighted by Gasteiger charge is 2.47. The van der Waals surface area contributed by atoms with Gasteiger partial charge in [0.2, 0.25) is 11.8 Å². The Kier molecular flexibility index (Phi) is 6.74. The number of nitro benzene ring substituents is 1. The van der Waals surface area contributed by atoms with Crippen LogP contribution in [0.3, 0.4) is 0 Å². The summed E-state index contributed by atoms with van der Waals surface area (Å²) in [6, 6.07) is 8.71. The Bertz CT molecular complexity index is 1190. The molecule has 0 aliphatic carbocycles. The normalized spacial score (nSPS) is 15.9. The lowest BCUT2D eigenvalue weighted by atomic mass is 9.99. The smallest absolute Gasteiger partial charge is 0.288 e. The quantitative estimate of drug-likeness (QED) is 0.389. The molecule has 0 aromatic heterocycles. The minimum Gasteiger partial charge on any atom is -0.326 e. The molecule has 1 fully saturated rings. The summed E-state index contributed by atoms with van der Waals surface area (Å²) in [4.78, 5) is 63.7. The van der Waals surface area contributed by atoms with Gasteiger partial charge in [0.1, 0.15) is 11.1 Å². The summed E-state index contributed by atoms with van der Waals surface area (Å²) in [5.74, 6) is -1.99. The molecule has 1 aliphatic heterocycles. The Morgan fingerprint density at radius 2 is 1.76 bits per heavy atom. The van der Waals surface area contributed by atoms with Crippen molar-refractivity contribution in [2.24, 2.45) is 0 Å². The highest BCUT2D eigenvalue weighted by atomic mass is 35.5. The zero-order chi connectivity index (χ0) is 25.4. The van der Waals surface area contributed by atoms with Crippen LogP contribution in [0.1, 0.15) is 44.5 Å². The summed E-state index contributed by atoms with van der Waals surface area (Å²) < 4.78 is 0. The van der Waals surface area contributed by atoms with Crippen LogP contribution in [0.25, 0.3) is 0 Å². The second-order valence-corrected chi connectivity index (χ2v) is 9.19. The van der Waals surface area contributed by atoms with Gasteiger partial charge in [-0.25, -0.2) is 4.90 Å². The Balaban J connectivity index is 1.95. The average molecular weight is 487 g/mol. The zero-order valence-corrected chi connectivity index (χ0v) is 19.8. The lowest BCUT2D eigenvalue weighted by Gasteiger charge is -2.39. The largest absolute Gasteiger partial charge is 0.326 e. The monoisotopic (exact) mass is 486 g/mol. The molecule has 178 valence electrons. The Labute approximate surface area is 200 Å². The van der Waals surface area contributed by atoms with Crippen molar-refractivity contribution in [2.75, 3.05) is 10.2 Å². The molecule has 0 spiro atoms. The maximum absolute atomic E-state index is 13.4. The molecule has 1 atom stereocenters. The number of amides is 4. The molecular formula is C23H23ClN4O6. The summed E-state index contributed by atoms with van der Waals surface area (Å²) in [7, 11) is 0. The van der Waals surface area contributed by atoms with Crippen LogP contribution < -0.4 is 10.2 Å². The van der Waals surface area contributed by atoms with E-state index in [1.54, 1.807) is 32.9 Å². The number of benzene rings is 2. The molecular weight excluding hydrogens is 464 g/mol. The fourth-order valence-electron chi connectivity index (χ4n) is 3.82. The Morgan fingerprint density at radius 1 is 1.15 bits per heavy atom. The van der Waals surface area contributed by atoms with E-state index in [1.165, 1.54) is 36.1 Å². The SMILES string of the molecule is CC(=O)Nc1ccc(N2C(=O)CC(N(C(=O)c3ccc(Cl)c([N+](=O)[O-])c3)C(C)(C)C)C2=O)cc1. The van der Waals surface area contributed by atoms with Gasteiger partial charge in [0.05, 0.1) is 17.0 Å². The van der Waals surface area contributed by atoms with Gasteiger partial charge in [-0.3, -0.25) is 29.3 Å². The fraction of sp³-hybridized carbons (Fsp3) is 0.304. The van der Waals surface area contributed by atoms with E-state index in [9.17, 15) is 29.3 Å². The molecule has 1 unspecified atom stereocenters. The first-order valence-corrected chi connectivity index (χ1v) is 10.7. The van der Waals surface area contributed by atoms with E-state index in [0.717, 1.165) is 11.0 Å². The van der Waals surface area contributed by atoms with Gasteiger partial charge in [-0.15, -0.1) is 0 Å². The van der Waals surface area contributed by atoms with Gasteiger partial charge in [-0.05, 0) is 57.2 Å². The third kappa shape index (κ3) is 4.91. The van der Waals surface area contributed by atoms with Crippen LogP contribution >= 0.6 is 11.6 Å². The highest BCUT2D eigenvalue weighted by molar-refractivity contribution is 6.32. The van der Waals surface area contributed by atoms with Gasteiger partial charge in [0.15, 0.2) is 0 Å². The van der Waals surface area contributed by atoms with Crippen molar-refractivity contribution in [1.82, 2.24) is 4.90 Å². The molecule has 1 saturated heterocycles. The number of carbonyl (C=O) groups is 4. The van der Waals surface area contributed by atoms with E-state index in [1.807, 2.05) is 0 Å². The lowest BCUT2D eigenvalue weighted by molar-refractivity contribution is -0.384. The van der Waals surface area contributed by atoms with E-state index in [2.05, 4.69) is 5.32 Å². The van der Waals surface area contributed by atoms with Crippen molar-refractivity contribution in [3.05, 3.63) is 63.2 Å². The second kappa shape index (κ2) is 9.22. The van der Waals surface area contributed by atoms with E-state index in [4.69, 9.17) is 11.6 Å². The first kappa shape index (κ1) is 24.8. The van der Waals surface area contributed by atoms with Gasteiger partial charge in [0, 0.05) is 29.8 Å². The van der Waals surface area contributed by atoms with Crippen LogP contribution in [0.2, 0.25) is 5.02 Å². The summed E-state index contributed by atoms with van der Waals surface area (Å²) in [5.41, 5.74) is -0.546. The standard InChI is InChI=1S/C23H23ClN4O6/c1-13(29)25-15-6-8-16(9-7-15)26-20(30)12-19(22(26)32)27(23(2,3)4)21(31)14-5-10-17(24)18(11-14)28(33)34/h5-11,19H,12H2,1-4H3,(H,25,29). The maximum atomic E-state index is 13.4. The number of hydrogen-bond acceptors (Lipinski definition) is 6. The number of carbonyl (C=O) groups excluding carboxylic acids is 4. The molecule has 0 saturated carbocycles. The van der Waals surface area contributed by atoms with Crippen LogP contribution in [0, 0.1) is 10.1 Å². The minimum atomic E-state index is -1.11. The van der Waals surface area contributed by atoms with Gasteiger partial charge in [0.25, 0.3) is 17.5 Å². The number of imide groups is 1. The molecule has 10 nitrogen and oxygen atoms in total. The molecule has 2 aromatic rings. The molecule has 2 aromatic carbocycles. The van der Waals surface area contributed by atoms with Crippen molar-refractivity contribution in [3.8, 4) is 0 Å². The van der Waals surface area contributed by atoms with Gasteiger partial charge >= 0.3 is 0 Å². The molecule has 0 bridgehead atoms. The number of nitro groups is 1. The number of nitrogens with zero attached hydrogens (tertiary/aromatic N) is 3. The van der Waals surface area contributed by atoms with Crippen LogP contribution in [0.15, 0.2) is 42.5 Å². The molecule has 0 radical (unpaired) electrons. The molecule has 4 amide bonds. The minimum absolute atomic E-state index is 0.0237. The third-order valence-electron chi connectivity index (χ3n) is 5.21.